The monoisotopic (exact) mass is 329 g/mol. The van der Waals surface area contributed by atoms with E-state index in [2.05, 4.69) is 67.5 Å². The van der Waals surface area contributed by atoms with Gasteiger partial charge in [0.2, 0.25) is 0 Å². The van der Waals surface area contributed by atoms with Crippen LogP contribution in [0.3, 0.4) is 0 Å². The van der Waals surface area contributed by atoms with Gasteiger partial charge in [0.15, 0.2) is 0 Å². The highest BCUT2D eigenvalue weighted by atomic mass is 35.5. The zero-order valence-electron chi connectivity index (χ0n) is 14.0. The molecule has 1 atom stereocenters. The van der Waals surface area contributed by atoms with E-state index in [1.165, 1.54) is 22.3 Å². The van der Waals surface area contributed by atoms with Gasteiger partial charge in [0.05, 0.1) is 13.2 Å². The van der Waals surface area contributed by atoms with Crippen LogP contribution >= 0.6 is 12.4 Å². The molecule has 3 heteroatoms. The Morgan fingerprint density at radius 1 is 1.00 bits per heavy atom. The Morgan fingerprint density at radius 3 is 2.39 bits per heavy atom. The van der Waals surface area contributed by atoms with Gasteiger partial charge >= 0.3 is 0 Å². The number of hydrogen-bond donors (Lipinski definition) is 0. The first-order valence-electron chi connectivity index (χ1n) is 7.78. The van der Waals surface area contributed by atoms with Crippen molar-refractivity contribution in [1.29, 1.82) is 0 Å². The molecule has 0 spiro atoms. The smallest absolute Gasteiger partial charge is 0.119 e. The number of methoxy groups -OCH3 is 1. The average Bonchev–Trinajstić information content (AvgIpc) is 2.55. The standard InChI is InChI=1S/C20H23NO.ClH/c1-21(2)20(15-7-5-4-6-8-15)18-10-9-17-14-19(22-3)12-11-16(17)13-18;/h4-8,11-14,20H,9-10H2,1-3H3;1H. The third-order valence-corrected chi connectivity index (χ3v) is 4.36. The molecule has 1 unspecified atom stereocenters. The molecule has 0 amide bonds. The van der Waals surface area contributed by atoms with Gasteiger partial charge < -0.3 is 4.74 Å². The van der Waals surface area contributed by atoms with Gasteiger partial charge in [-0.15, -0.1) is 12.4 Å². The summed E-state index contributed by atoms with van der Waals surface area (Å²) >= 11 is 0. The van der Waals surface area contributed by atoms with Crippen molar-refractivity contribution in [3.8, 4) is 5.75 Å². The molecule has 0 aromatic heterocycles. The Labute approximate surface area is 145 Å². The largest absolute Gasteiger partial charge is 0.497 e. The van der Waals surface area contributed by atoms with Crippen LogP contribution in [0.1, 0.15) is 29.2 Å². The molecular formula is C20H24ClNO. The maximum atomic E-state index is 5.33. The van der Waals surface area contributed by atoms with Crippen molar-refractivity contribution in [1.82, 2.24) is 4.90 Å². The zero-order valence-corrected chi connectivity index (χ0v) is 14.8. The average molecular weight is 330 g/mol. The lowest BCUT2D eigenvalue weighted by molar-refractivity contribution is 0.332. The lowest BCUT2D eigenvalue weighted by atomic mass is 9.85. The number of halogens is 1. The van der Waals surface area contributed by atoms with Crippen LogP contribution in [-0.4, -0.2) is 26.1 Å². The number of nitrogens with zero attached hydrogens (tertiary/aromatic N) is 1. The number of fused-ring (bicyclic) bond motifs is 1. The van der Waals surface area contributed by atoms with Crippen LogP contribution in [0.2, 0.25) is 0 Å². The maximum absolute atomic E-state index is 5.33. The molecular weight excluding hydrogens is 306 g/mol. The summed E-state index contributed by atoms with van der Waals surface area (Å²) in [6, 6.07) is 17.5. The second kappa shape index (κ2) is 7.67. The SMILES string of the molecule is COc1ccc2c(c1)CCC(C(c1ccccc1)N(C)C)=C2.Cl. The summed E-state index contributed by atoms with van der Waals surface area (Å²) in [6.07, 6.45) is 4.53. The predicted octanol–water partition coefficient (Wildman–Crippen LogP) is 4.75. The summed E-state index contributed by atoms with van der Waals surface area (Å²) in [6.45, 7) is 0. The van der Waals surface area contributed by atoms with Crippen molar-refractivity contribution in [3.05, 3.63) is 70.8 Å². The molecule has 2 nitrogen and oxygen atoms in total. The topological polar surface area (TPSA) is 12.5 Å². The van der Waals surface area contributed by atoms with E-state index in [4.69, 9.17) is 4.74 Å². The molecule has 3 rings (SSSR count). The Kier molecular flexibility index (Phi) is 5.86. The van der Waals surface area contributed by atoms with Gasteiger partial charge in [0.25, 0.3) is 0 Å². The Bertz CT molecular complexity index is 679. The van der Waals surface area contributed by atoms with Crippen molar-refractivity contribution in [2.75, 3.05) is 21.2 Å². The molecule has 0 bridgehead atoms. The van der Waals surface area contributed by atoms with E-state index < -0.39 is 0 Å². The Balaban J connectivity index is 0.00000192. The molecule has 0 fully saturated rings. The second-order valence-corrected chi connectivity index (χ2v) is 6.06. The number of ether oxygens (including phenoxy) is 1. The van der Waals surface area contributed by atoms with Crippen LogP contribution in [0.4, 0.5) is 0 Å². The van der Waals surface area contributed by atoms with E-state index in [0.29, 0.717) is 6.04 Å². The first kappa shape index (κ1) is 17.6. The minimum atomic E-state index is 0. The van der Waals surface area contributed by atoms with Gasteiger partial charge in [-0.05, 0) is 61.3 Å². The van der Waals surface area contributed by atoms with Crippen LogP contribution in [0.15, 0.2) is 54.1 Å². The number of likely N-dealkylation sites (N-methyl/N-ethyl adjacent to an activating group) is 1. The summed E-state index contributed by atoms with van der Waals surface area (Å²) in [5, 5.41) is 0. The molecule has 0 heterocycles. The number of rotatable bonds is 4. The third kappa shape index (κ3) is 3.77. The van der Waals surface area contributed by atoms with Gasteiger partial charge in [-0.25, -0.2) is 0 Å². The van der Waals surface area contributed by atoms with Crippen LogP contribution in [0.5, 0.6) is 5.75 Å². The van der Waals surface area contributed by atoms with Crippen LogP contribution in [0.25, 0.3) is 6.08 Å². The molecule has 2 aromatic rings. The second-order valence-electron chi connectivity index (χ2n) is 6.06. The van der Waals surface area contributed by atoms with Crippen molar-refractivity contribution < 1.29 is 4.74 Å². The van der Waals surface area contributed by atoms with Crippen LogP contribution < -0.4 is 4.74 Å². The molecule has 0 saturated carbocycles. The molecule has 0 aliphatic heterocycles. The molecule has 1 aliphatic carbocycles. The van der Waals surface area contributed by atoms with E-state index in [9.17, 15) is 0 Å². The first-order valence-corrected chi connectivity index (χ1v) is 7.78. The third-order valence-electron chi connectivity index (χ3n) is 4.36. The summed E-state index contributed by atoms with van der Waals surface area (Å²) in [4.78, 5) is 2.30. The fraction of sp³-hybridized carbons (Fsp3) is 0.300. The van der Waals surface area contributed by atoms with Crippen LogP contribution in [0, 0.1) is 0 Å². The van der Waals surface area contributed by atoms with Gasteiger partial charge in [0, 0.05) is 0 Å². The highest BCUT2D eigenvalue weighted by Gasteiger charge is 2.22. The van der Waals surface area contributed by atoms with Gasteiger partial charge in [-0.2, -0.15) is 0 Å². The minimum Gasteiger partial charge on any atom is -0.497 e. The highest BCUT2D eigenvalue weighted by Crippen LogP contribution is 2.36. The van der Waals surface area contributed by atoms with Gasteiger partial charge in [0.1, 0.15) is 5.75 Å². The van der Waals surface area contributed by atoms with E-state index in [-0.39, 0.29) is 12.4 Å². The number of aryl methyl sites for hydroxylation is 1. The highest BCUT2D eigenvalue weighted by molar-refractivity contribution is 5.85. The molecule has 2 aromatic carbocycles. The van der Waals surface area contributed by atoms with Crippen molar-refractivity contribution in [2.24, 2.45) is 0 Å². The molecule has 0 saturated heterocycles. The van der Waals surface area contributed by atoms with Crippen molar-refractivity contribution in [2.45, 2.75) is 18.9 Å². The zero-order chi connectivity index (χ0) is 15.5. The number of benzene rings is 2. The first-order chi connectivity index (χ1) is 10.7. The molecule has 122 valence electrons. The maximum Gasteiger partial charge on any atom is 0.119 e. The van der Waals surface area contributed by atoms with E-state index in [0.717, 1.165) is 18.6 Å². The van der Waals surface area contributed by atoms with Crippen molar-refractivity contribution in [3.63, 3.8) is 0 Å². The van der Waals surface area contributed by atoms with Crippen LogP contribution in [-0.2, 0) is 6.42 Å². The predicted molar refractivity (Wildman–Crippen MR) is 99.4 cm³/mol. The lowest BCUT2D eigenvalue weighted by Crippen LogP contribution is -2.23. The lowest BCUT2D eigenvalue weighted by Gasteiger charge is -2.30. The summed E-state index contributed by atoms with van der Waals surface area (Å²) in [5.74, 6) is 0.947. The molecule has 1 aliphatic rings. The molecule has 23 heavy (non-hydrogen) atoms. The number of hydrogen-bond acceptors (Lipinski definition) is 2. The summed E-state index contributed by atoms with van der Waals surface area (Å²) in [5.41, 5.74) is 5.54. The van der Waals surface area contributed by atoms with E-state index in [1.54, 1.807) is 7.11 Å². The van der Waals surface area contributed by atoms with Gasteiger partial charge in [-0.1, -0.05) is 42.5 Å². The molecule has 0 N–H and O–H groups in total. The van der Waals surface area contributed by atoms with E-state index >= 15 is 0 Å². The fourth-order valence-electron chi connectivity index (χ4n) is 3.31. The van der Waals surface area contributed by atoms with Gasteiger partial charge in [-0.3, -0.25) is 4.90 Å². The summed E-state index contributed by atoms with van der Waals surface area (Å²) in [7, 11) is 6.04. The summed E-state index contributed by atoms with van der Waals surface area (Å²) < 4.78 is 5.33. The quantitative estimate of drug-likeness (QED) is 0.802. The van der Waals surface area contributed by atoms with E-state index in [1.807, 2.05) is 6.07 Å². The Morgan fingerprint density at radius 2 is 1.74 bits per heavy atom. The fourth-order valence-corrected chi connectivity index (χ4v) is 3.31. The Hall–Kier alpha value is -1.77. The normalized spacial score (nSPS) is 14.5. The molecule has 0 radical (unpaired) electrons. The van der Waals surface area contributed by atoms with Crippen molar-refractivity contribution >= 4 is 18.5 Å². The minimum absolute atomic E-state index is 0.